The van der Waals surface area contributed by atoms with E-state index in [0.717, 1.165) is 12.8 Å². The van der Waals surface area contributed by atoms with E-state index in [1.807, 2.05) is 0 Å². The monoisotopic (exact) mass is 270 g/mol. The average Bonchev–Trinajstić information content (AvgIpc) is 2.10. The molecule has 0 heterocycles. The molecule has 0 bridgehead atoms. The van der Waals surface area contributed by atoms with Gasteiger partial charge in [0.1, 0.15) is 0 Å². The molecular weight excluding hydrogens is 244 g/mol. The molecule has 104 valence electrons. The van der Waals surface area contributed by atoms with Gasteiger partial charge in [0.05, 0.1) is 10.9 Å². The molecule has 1 unspecified atom stereocenters. The van der Waals surface area contributed by atoms with E-state index in [-0.39, 0.29) is 33.7 Å². The molecule has 0 radical (unpaired) electrons. The van der Waals surface area contributed by atoms with Gasteiger partial charge in [-0.15, -0.1) is 0 Å². The summed E-state index contributed by atoms with van der Waals surface area (Å²) in [6, 6.07) is 0.230. The van der Waals surface area contributed by atoms with Gasteiger partial charge in [0.25, 0.3) is 0 Å². The highest BCUT2D eigenvalue weighted by atomic mass is 32.1. The van der Waals surface area contributed by atoms with Crippen molar-refractivity contribution in [1.82, 2.24) is 5.32 Å². The second-order valence-electron chi connectivity index (χ2n) is 7.24. The summed E-state index contributed by atoms with van der Waals surface area (Å²) in [5, 5.41) is 3.10. The lowest BCUT2D eigenvalue weighted by molar-refractivity contribution is -0.124. The molecule has 0 aromatic heterocycles. The summed E-state index contributed by atoms with van der Waals surface area (Å²) >= 11 is 4.87. The Hall–Kier alpha value is -0.640. The molecular formula is C14H26N2OS. The first-order valence-corrected chi connectivity index (χ1v) is 7.03. The molecule has 1 saturated carbocycles. The number of thiocarbonyl (C=S) groups is 1. The van der Waals surface area contributed by atoms with E-state index < -0.39 is 0 Å². The zero-order valence-electron chi connectivity index (χ0n) is 12.2. The van der Waals surface area contributed by atoms with Gasteiger partial charge in [-0.3, -0.25) is 4.79 Å². The summed E-state index contributed by atoms with van der Waals surface area (Å²) in [5.74, 6) is -0.422. The summed E-state index contributed by atoms with van der Waals surface area (Å²) in [6.07, 6.45) is 3.23. The molecule has 1 aliphatic rings. The van der Waals surface area contributed by atoms with Crippen molar-refractivity contribution in [2.75, 3.05) is 0 Å². The molecule has 0 saturated heterocycles. The second kappa shape index (κ2) is 5.16. The minimum absolute atomic E-state index is 0.0407. The van der Waals surface area contributed by atoms with Gasteiger partial charge in [0, 0.05) is 6.04 Å². The third-order valence-corrected chi connectivity index (χ3v) is 4.08. The van der Waals surface area contributed by atoms with Gasteiger partial charge in [0.15, 0.2) is 0 Å². The van der Waals surface area contributed by atoms with Crippen LogP contribution in [0.4, 0.5) is 0 Å². The van der Waals surface area contributed by atoms with Crippen LogP contribution in [0.1, 0.15) is 53.9 Å². The van der Waals surface area contributed by atoms with E-state index in [0.29, 0.717) is 0 Å². The first-order chi connectivity index (χ1) is 8.02. The Morgan fingerprint density at radius 3 is 2.11 bits per heavy atom. The van der Waals surface area contributed by atoms with Crippen LogP contribution in [0.25, 0.3) is 0 Å². The fourth-order valence-electron chi connectivity index (χ4n) is 3.40. The summed E-state index contributed by atoms with van der Waals surface area (Å²) < 4.78 is 0. The summed E-state index contributed by atoms with van der Waals surface area (Å²) in [6.45, 7) is 10.8. The van der Waals surface area contributed by atoms with Crippen molar-refractivity contribution < 1.29 is 4.79 Å². The van der Waals surface area contributed by atoms with Crippen LogP contribution in [-0.2, 0) is 4.79 Å². The smallest absolute Gasteiger partial charge is 0.229 e. The van der Waals surface area contributed by atoms with Crippen LogP contribution in [0.3, 0.4) is 0 Å². The van der Waals surface area contributed by atoms with E-state index in [4.69, 9.17) is 18.0 Å². The first kappa shape index (κ1) is 15.4. The minimum atomic E-state index is -0.381. The number of carbonyl (C=O) groups excluding carboxylic acids is 1. The van der Waals surface area contributed by atoms with Crippen LogP contribution in [0.2, 0.25) is 0 Å². The van der Waals surface area contributed by atoms with Crippen molar-refractivity contribution in [3.05, 3.63) is 0 Å². The summed E-state index contributed by atoms with van der Waals surface area (Å²) in [5.41, 5.74) is 6.06. The summed E-state index contributed by atoms with van der Waals surface area (Å²) in [4.78, 5) is 12.3. The number of hydrogen-bond donors (Lipinski definition) is 2. The van der Waals surface area contributed by atoms with Gasteiger partial charge >= 0.3 is 0 Å². The van der Waals surface area contributed by atoms with E-state index in [2.05, 4.69) is 33.0 Å². The quantitative estimate of drug-likeness (QED) is 0.775. The van der Waals surface area contributed by atoms with Gasteiger partial charge in [-0.1, -0.05) is 39.9 Å². The Labute approximate surface area is 116 Å². The van der Waals surface area contributed by atoms with Crippen LogP contribution in [0, 0.1) is 16.7 Å². The van der Waals surface area contributed by atoms with Gasteiger partial charge in [-0.05, 0) is 37.0 Å². The number of nitrogens with one attached hydrogen (secondary N) is 1. The van der Waals surface area contributed by atoms with E-state index in [1.165, 1.54) is 6.42 Å². The van der Waals surface area contributed by atoms with E-state index in [1.54, 1.807) is 6.92 Å². The highest BCUT2D eigenvalue weighted by Crippen LogP contribution is 2.45. The standard InChI is InChI=1S/C14H26N2OS/c1-9(11(15)18)12(17)16-10-6-13(2,3)8-14(4,5)7-10/h9-10H,6-8H2,1-5H3,(H2,15,18)(H,16,17). The molecule has 3 nitrogen and oxygen atoms in total. The van der Waals surface area contributed by atoms with Crippen molar-refractivity contribution >= 4 is 23.1 Å². The topological polar surface area (TPSA) is 55.1 Å². The molecule has 18 heavy (non-hydrogen) atoms. The molecule has 1 rings (SSSR count). The lowest BCUT2D eigenvalue weighted by Gasteiger charge is -2.45. The zero-order chi connectivity index (χ0) is 14.1. The Bertz CT molecular complexity index is 334. The average molecular weight is 270 g/mol. The molecule has 1 atom stereocenters. The summed E-state index contributed by atoms with van der Waals surface area (Å²) in [7, 11) is 0. The Morgan fingerprint density at radius 2 is 1.72 bits per heavy atom. The Balaban J connectivity index is 2.67. The van der Waals surface area contributed by atoms with Crippen LogP contribution in [0.5, 0.6) is 0 Å². The Kier molecular flexibility index (Phi) is 4.42. The van der Waals surface area contributed by atoms with Crippen molar-refractivity contribution in [3.8, 4) is 0 Å². The minimum Gasteiger partial charge on any atom is -0.393 e. The van der Waals surface area contributed by atoms with Gasteiger partial charge in [-0.25, -0.2) is 0 Å². The lowest BCUT2D eigenvalue weighted by atomic mass is 9.63. The van der Waals surface area contributed by atoms with E-state index >= 15 is 0 Å². The molecule has 0 aromatic carbocycles. The van der Waals surface area contributed by atoms with Gasteiger partial charge in [0.2, 0.25) is 5.91 Å². The molecule has 3 N–H and O–H groups in total. The maximum Gasteiger partial charge on any atom is 0.229 e. The lowest BCUT2D eigenvalue weighted by Crippen LogP contribution is -2.48. The second-order valence-corrected chi connectivity index (χ2v) is 7.71. The van der Waals surface area contributed by atoms with Crippen LogP contribution in [-0.4, -0.2) is 16.9 Å². The van der Waals surface area contributed by atoms with E-state index in [9.17, 15) is 4.79 Å². The maximum absolute atomic E-state index is 12.0. The predicted octanol–water partition coefficient (Wildman–Crippen LogP) is 2.63. The van der Waals surface area contributed by atoms with Crippen molar-refractivity contribution in [1.29, 1.82) is 0 Å². The third kappa shape index (κ3) is 4.23. The van der Waals surface area contributed by atoms with Crippen LogP contribution in [0.15, 0.2) is 0 Å². The highest BCUT2D eigenvalue weighted by Gasteiger charge is 2.39. The molecule has 0 aromatic rings. The third-order valence-electron chi connectivity index (χ3n) is 3.72. The molecule has 1 aliphatic carbocycles. The predicted molar refractivity (Wildman–Crippen MR) is 79.3 cm³/mol. The molecule has 0 aliphatic heterocycles. The molecule has 0 spiro atoms. The van der Waals surface area contributed by atoms with Crippen molar-refractivity contribution in [2.24, 2.45) is 22.5 Å². The number of amides is 1. The number of rotatable bonds is 3. The number of hydrogen-bond acceptors (Lipinski definition) is 2. The zero-order valence-corrected chi connectivity index (χ0v) is 13.0. The highest BCUT2D eigenvalue weighted by molar-refractivity contribution is 7.80. The molecule has 1 fully saturated rings. The first-order valence-electron chi connectivity index (χ1n) is 6.62. The van der Waals surface area contributed by atoms with Crippen LogP contribution >= 0.6 is 12.2 Å². The maximum atomic E-state index is 12.0. The normalized spacial score (nSPS) is 24.3. The molecule has 4 heteroatoms. The number of carbonyl (C=O) groups is 1. The Morgan fingerprint density at radius 1 is 1.28 bits per heavy atom. The number of nitrogens with two attached hydrogens (primary N) is 1. The van der Waals surface area contributed by atoms with Crippen molar-refractivity contribution in [2.45, 2.75) is 59.9 Å². The fourth-order valence-corrected chi connectivity index (χ4v) is 3.51. The SMILES string of the molecule is CC(C(=O)NC1CC(C)(C)CC(C)(C)C1)C(N)=S. The van der Waals surface area contributed by atoms with Crippen molar-refractivity contribution in [3.63, 3.8) is 0 Å². The van der Waals surface area contributed by atoms with Gasteiger partial charge in [-0.2, -0.15) is 0 Å². The molecule has 1 amide bonds. The fraction of sp³-hybridized carbons (Fsp3) is 0.857. The van der Waals surface area contributed by atoms with Crippen LogP contribution < -0.4 is 11.1 Å². The van der Waals surface area contributed by atoms with Gasteiger partial charge < -0.3 is 11.1 Å². The largest absolute Gasteiger partial charge is 0.393 e.